The number of amides is 4. The number of carboxylic acid groups (broad SMARTS) is 1. The zero-order valence-corrected chi connectivity index (χ0v) is 23.5. The zero-order chi connectivity index (χ0) is 30.1. The van der Waals surface area contributed by atoms with Gasteiger partial charge in [0.25, 0.3) is 0 Å². The summed E-state index contributed by atoms with van der Waals surface area (Å²) in [6.45, 7) is 3.14. The second kappa shape index (κ2) is 14.5. The molecule has 0 saturated carbocycles. The van der Waals surface area contributed by atoms with Gasteiger partial charge in [-0.15, -0.1) is 5.10 Å². The van der Waals surface area contributed by atoms with Gasteiger partial charge >= 0.3 is 12.0 Å². The number of carboxylic acids is 1. The van der Waals surface area contributed by atoms with E-state index in [-0.39, 0.29) is 19.1 Å². The van der Waals surface area contributed by atoms with Crippen molar-refractivity contribution in [2.24, 2.45) is 0 Å². The Morgan fingerprint density at radius 1 is 1.10 bits per heavy atom. The third kappa shape index (κ3) is 8.09. The fourth-order valence-electron chi connectivity index (χ4n) is 4.95. The molecule has 1 aromatic heterocycles. The van der Waals surface area contributed by atoms with Gasteiger partial charge in [-0.25, -0.2) is 9.48 Å². The van der Waals surface area contributed by atoms with E-state index in [0.29, 0.717) is 57.8 Å². The van der Waals surface area contributed by atoms with Gasteiger partial charge in [0.05, 0.1) is 25.7 Å². The molecular weight excluding hydrogens is 548 g/mol. The molecule has 3 atom stereocenters. The summed E-state index contributed by atoms with van der Waals surface area (Å²) in [5, 5.41) is 26.2. The first-order valence-corrected chi connectivity index (χ1v) is 14.0. The number of tetrazole rings is 1. The number of Topliss-reactive ketones (excluding diaryl/α,β-unsaturated/α-hetero) is 1. The molecular formula is C27H36N8O7. The van der Waals surface area contributed by atoms with Gasteiger partial charge in [0.15, 0.2) is 11.6 Å². The molecule has 226 valence electrons. The van der Waals surface area contributed by atoms with Crippen molar-refractivity contribution in [1.29, 1.82) is 0 Å². The maximum absolute atomic E-state index is 13.4. The van der Waals surface area contributed by atoms with E-state index in [0.717, 1.165) is 5.56 Å². The number of carbonyl (C=O) groups is 5. The molecule has 15 nitrogen and oxygen atoms in total. The Kier molecular flexibility index (Phi) is 10.5. The summed E-state index contributed by atoms with van der Waals surface area (Å²) in [6.07, 6.45) is 1.42. The fraction of sp³-hybridized carbons (Fsp3) is 0.556. The van der Waals surface area contributed by atoms with Crippen LogP contribution in [0.25, 0.3) is 0 Å². The molecule has 2 aromatic rings. The topological polar surface area (TPSA) is 189 Å². The normalized spacial score (nSPS) is 19.0. The van der Waals surface area contributed by atoms with Crippen LogP contribution < -0.4 is 10.6 Å². The van der Waals surface area contributed by atoms with Gasteiger partial charge in [-0.3, -0.25) is 19.2 Å². The summed E-state index contributed by atoms with van der Waals surface area (Å²) in [4.78, 5) is 67.1. The van der Waals surface area contributed by atoms with E-state index >= 15 is 0 Å². The highest BCUT2D eigenvalue weighted by Crippen LogP contribution is 2.16. The van der Waals surface area contributed by atoms with Crippen molar-refractivity contribution >= 4 is 29.6 Å². The van der Waals surface area contributed by atoms with Crippen LogP contribution >= 0.6 is 0 Å². The van der Waals surface area contributed by atoms with Gasteiger partial charge in [-0.05, 0) is 42.2 Å². The number of nitrogens with zero attached hydrogens (tertiary/aromatic N) is 6. The number of ether oxygens (including phenoxy) is 1. The van der Waals surface area contributed by atoms with Crippen LogP contribution in [0.4, 0.5) is 4.79 Å². The maximum atomic E-state index is 13.4. The molecule has 0 radical (unpaired) electrons. The summed E-state index contributed by atoms with van der Waals surface area (Å²) >= 11 is 0. The van der Waals surface area contributed by atoms with E-state index in [4.69, 9.17) is 4.74 Å². The summed E-state index contributed by atoms with van der Waals surface area (Å²) in [6, 6.07) is 5.82. The van der Waals surface area contributed by atoms with Crippen LogP contribution in [-0.4, -0.2) is 116 Å². The van der Waals surface area contributed by atoms with Gasteiger partial charge in [-0.1, -0.05) is 30.3 Å². The van der Waals surface area contributed by atoms with Gasteiger partial charge in [0, 0.05) is 26.1 Å². The molecule has 2 aliphatic rings. The number of aliphatic carboxylic acids is 1. The fourth-order valence-corrected chi connectivity index (χ4v) is 4.95. The van der Waals surface area contributed by atoms with E-state index in [2.05, 4.69) is 26.2 Å². The van der Waals surface area contributed by atoms with Crippen LogP contribution in [-0.2, 0) is 36.9 Å². The third-order valence-electron chi connectivity index (χ3n) is 7.37. The Morgan fingerprint density at radius 3 is 2.55 bits per heavy atom. The first kappa shape index (κ1) is 30.6. The monoisotopic (exact) mass is 584 g/mol. The summed E-state index contributed by atoms with van der Waals surface area (Å²) in [5.41, 5.74) is 0.923. The quantitative estimate of drug-likeness (QED) is 0.314. The van der Waals surface area contributed by atoms with Crippen molar-refractivity contribution in [3.63, 3.8) is 0 Å². The van der Waals surface area contributed by atoms with E-state index in [9.17, 15) is 29.1 Å². The number of nitrogens with one attached hydrogen (secondary N) is 2. The predicted molar refractivity (Wildman–Crippen MR) is 146 cm³/mol. The van der Waals surface area contributed by atoms with Crippen LogP contribution in [0, 0.1) is 0 Å². The molecule has 2 fully saturated rings. The lowest BCUT2D eigenvalue weighted by molar-refractivity contribution is -0.143. The molecule has 2 saturated heterocycles. The Labute approximate surface area is 242 Å². The maximum Gasteiger partial charge on any atom is 0.318 e. The van der Waals surface area contributed by atoms with Crippen molar-refractivity contribution in [1.82, 2.24) is 40.6 Å². The van der Waals surface area contributed by atoms with Crippen molar-refractivity contribution in [3.05, 3.63) is 41.7 Å². The van der Waals surface area contributed by atoms with Crippen LogP contribution in [0.3, 0.4) is 0 Å². The summed E-state index contributed by atoms with van der Waals surface area (Å²) in [7, 11) is 0. The van der Waals surface area contributed by atoms with Crippen molar-refractivity contribution < 1.29 is 33.8 Å². The molecule has 0 spiro atoms. The minimum atomic E-state index is -1.37. The highest BCUT2D eigenvalue weighted by Gasteiger charge is 2.36. The molecule has 42 heavy (non-hydrogen) atoms. The number of urea groups is 1. The van der Waals surface area contributed by atoms with E-state index in [1.807, 2.05) is 30.3 Å². The number of rotatable bonds is 11. The minimum absolute atomic E-state index is 0.280. The Bertz CT molecular complexity index is 1260. The lowest BCUT2D eigenvalue weighted by atomic mass is 10.1. The largest absolute Gasteiger partial charge is 0.481 e. The molecule has 0 aliphatic carbocycles. The molecule has 0 bridgehead atoms. The highest BCUT2D eigenvalue weighted by atomic mass is 16.5. The van der Waals surface area contributed by atoms with Gasteiger partial charge in [0.2, 0.25) is 11.8 Å². The number of morpholine rings is 1. The van der Waals surface area contributed by atoms with Crippen LogP contribution in [0.5, 0.6) is 0 Å². The Morgan fingerprint density at radius 2 is 1.83 bits per heavy atom. The average Bonchev–Trinajstić information content (AvgIpc) is 3.33. The summed E-state index contributed by atoms with van der Waals surface area (Å²) in [5.74, 6) is -2.55. The molecule has 2 unspecified atom stereocenters. The number of ketones is 1. The van der Waals surface area contributed by atoms with Gasteiger partial charge in [0.1, 0.15) is 18.6 Å². The molecule has 4 rings (SSSR count). The lowest BCUT2D eigenvalue weighted by Crippen LogP contribution is -2.57. The lowest BCUT2D eigenvalue weighted by Gasteiger charge is -2.32. The first-order valence-electron chi connectivity index (χ1n) is 14.0. The highest BCUT2D eigenvalue weighted by molar-refractivity contribution is 5.95. The third-order valence-corrected chi connectivity index (χ3v) is 7.37. The van der Waals surface area contributed by atoms with Crippen molar-refractivity contribution in [2.75, 3.05) is 32.8 Å². The van der Waals surface area contributed by atoms with Crippen LogP contribution in [0.1, 0.15) is 44.0 Å². The van der Waals surface area contributed by atoms with Crippen molar-refractivity contribution in [3.8, 4) is 0 Å². The second-order valence-corrected chi connectivity index (χ2v) is 10.3. The number of benzene rings is 1. The smallest absolute Gasteiger partial charge is 0.318 e. The minimum Gasteiger partial charge on any atom is -0.481 e. The van der Waals surface area contributed by atoms with Gasteiger partial charge in [-0.2, -0.15) is 0 Å². The predicted octanol–water partition coefficient (Wildman–Crippen LogP) is -0.396. The molecule has 1 aromatic carbocycles. The number of aromatic nitrogens is 4. The Balaban J connectivity index is 1.40. The van der Waals surface area contributed by atoms with E-state index in [1.165, 1.54) is 16.5 Å². The van der Waals surface area contributed by atoms with Gasteiger partial charge < -0.3 is 30.3 Å². The molecule has 3 N–H and O–H groups in total. The van der Waals surface area contributed by atoms with Crippen molar-refractivity contribution in [2.45, 2.75) is 63.7 Å². The van der Waals surface area contributed by atoms with E-state index in [1.54, 1.807) is 4.90 Å². The summed E-state index contributed by atoms with van der Waals surface area (Å²) < 4.78 is 6.55. The molecule has 2 aliphatic heterocycles. The van der Waals surface area contributed by atoms with Crippen LogP contribution in [0.2, 0.25) is 0 Å². The SMILES string of the molecule is CC(C(=O)NC(CC(=O)O)C(=O)Cn1nnnc1Cc1ccccc1)N1CCCC[C@H](NC(=O)N2CCOCC2)C1=O. The molecule has 4 amide bonds. The number of hydrogen-bond acceptors (Lipinski definition) is 9. The number of hydrogen-bond donors (Lipinski definition) is 3. The zero-order valence-electron chi connectivity index (χ0n) is 23.5. The number of carbonyl (C=O) groups excluding carboxylic acids is 4. The molecule has 3 heterocycles. The first-order chi connectivity index (χ1) is 20.2. The second-order valence-electron chi connectivity index (χ2n) is 10.3. The standard InChI is InChI=1S/C27H36N8O7/c1-18(34-10-6-5-9-20(26(34)40)29-27(41)33-11-13-42-14-12-33)25(39)28-21(16-24(37)38)22(36)17-35-23(30-31-32-35)15-19-7-3-2-4-8-19/h2-4,7-8,18,20-21H,5-6,9-17H2,1H3,(H,28,39)(H,29,41)(H,37,38)/t18?,20-,21?/m0/s1. The number of likely N-dealkylation sites (tertiary alicyclic amines) is 1. The Hall–Kier alpha value is -4.40. The average molecular weight is 585 g/mol. The molecule has 15 heteroatoms. The van der Waals surface area contributed by atoms with Crippen LogP contribution in [0.15, 0.2) is 30.3 Å². The van der Waals surface area contributed by atoms with E-state index < -0.39 is 48.1 Å².